The van der Waals surface area contributed by atoms with Gasteiger partial charge in [-0.1, -0.05) is 30.9 Å². The third-order valence-corrected chi connectivity index (χ3v) is 4.25. The molecule has 2 aromatic rings. The van der Waals surface area contributed by atoms with E-state index in [1.54, 1.807) is 31.2 Å². The molecule has 0 spiro atoms. The van der Waals surface area contributed by atoms with E-state index in [1.165, 1.54) is 18.3 Å². The van der Waals surface area contributed by atoms with Gasteiger partial charge in [0.25, 0.3) is 0 Å². The highest BCUT2D eigenvalue weighted by Gasteiger charge is 2.14. The molecule has 0 fully saturated rings. The van der Waals surface area contributed by atoms with Crippen molar-refractivity contribution in [1.82, 2.24) is 4.98 Å². The number of thiazole rings is 1. The normalized spacial score (nSPS) is 11.9. The minimum Gasteiger partial charge on any atom is -0.477 e. The van der Waals surface area contributed by atoms with Crippen LogP contribution in [0.5, 0.6) is 0 Å². The summed E-state index contributed by atoms with van der Waals surface area (Å²) in [6, 6.07) is 8.07. The van der Waals surface area contributed by atoms with Crippen molar-refractivity contribution in [1.29, 1.82) is 5.26 Å². The number of carboxylic acids is 1. The Hall–Kier alpha value is -3.04. The lowest BCUT2D eigenvalue weighted by Crippen LogP contribution is -1.92. The fraction of sp³-hybridized carbons (Fsp3) is 0.0556. The van der Waals surface area contributed by atoms with Gasteiger partial charge in [0.15, 0.2) is 0 Å². The van der Waals surface area contributed by atoms with Crippen molar-refractivity contribution in [3.63, 3.8) is 0 Å². The summed E-state index contributed by atoms with van der Waals surface area (Å²) in [5.41, 5.74) is 1.25. The summed E-state index contributed by atoms with van der Waals surface area (Å²) in [6.45, 7) is 5.55. The van der Waals surface area contributed by atoms with Crippen LogP contribution in [0.4, 0.5) is 4.39 Å². The molecule has 1 N–H and O–H groups in total. The second kappa shape index (κ2) is 7.49. The summed E-state index contributed by atoms with van der Waals surface area (Å²) in [7, 11) is 0. The molecule has 0 aliphatic heterocycles. The van der Waals surface area contributed by atoms with Gasteiger partial charge in [-0.3, -0.25) is 0 Å². The number of hydrogen-bond acceptors (Lipinski definition) is 4. The molecule has 1 heterocycles. The fourth-order valence-electron chi connectivity index (χ4n) is 1.97. The highest BCUT2D eigenvalue weighted by atomic mass is 32.1. The molecule has 120 valence electrons. The van der Waals surface area contributed by atoms with Gasteiger partial charge >= 0.3 is 5.97 Å². The Balaban J connectivity index is 2.41. The number of benzene rings is 1. The lowest BCUT2D eigenvalue weighted by Gasteiger charge is -2.06. The van der Waals surface area contributed by atoms with Gasteiger partial charge in [0, 0.05) is 11.1 Å². The molecule has 0 bridgehead atoms. The van der Waals surface area contributed by atoms with Crippen molar-refractivity contribution in [2.75, 3.05) is 0 Å². The Morgan fingerprint density at radius 1 is 1.46 bits per heavy atom. The van der Waals surface area contributed by atoms with Crippen molar-refractivity contribution in [2.24, 2.45) is 0 Å². The molecule has 1 aromatic heterocycles. The summed E-state index contributed by atoms with van der Waals surface area (Å²) in [6.07, 6.45) is 4.49. The van der Waals surface area contributed by atoms with E-state index in [-0.39, 0.29) is 21.6 Å². The van der Waals surface area contributed by atoms with Crippen LogP contribution in [-0.4, -0.2) is 16.1 Å². The topological polar surface area (TPSA) is 74.0 Å². The molecule has 24 heavy (non-hydrogen) atoms. The van der Waals surface area contributed by atoms with Crippen molar-refractivity contribution < 1.29 is 14.3 Å². The Morgan fingerprint density at radius 2 is 2.17 bits per heavy atom. The third kappa shape index (κ3) is 3.65. The minimum absolute atomic E-state index is 0.101. The SMILES string of the molecule is C=C(/C(C#N)=C\C(=C/C)c1ncc(C(=O)O)s1)c1ccccc1F. The molecular formula is C18H13FN2O2S. The number of carbonyl (C=O) groups is 1. The number of hydrogen-bond donors (Lipinski definition) is 1. The van der Waals surface area contributed by atoms with Crippen LogP contribution in [0.1, 0.15) is 27.2 Å². The van der Waals surface area contributed by atoms with Crippen molar-refractivity contribution in [3.8, 4) is 6.07 Å². The van der Waals surface area contributed by atoms with Gasteiger partial charge in [-0.15, -0.1) is 11.3 Å². The number of rotatable bonds is 5. The van der Waals surface area contributed by atoms with Gasteiger partial charge in [0.2, 0.25) is 0 Å². The highest BCUT2D eigenvalue weighted by molar-refractivity contribution is 7.14. The van der Waals surface area contributed by atoms with Gasteiger partial charge in [-0.05, 0) is 24.6 Å². The zero-order valence-corrected chi connectivity index (χ0v) is 13.6. The first-order valence-electron chi connectivity index (χ1n) is 6.89. The zero-order valence-electron chi connectivity index (χ0n) is 12.8. The predicted molar refractivity (Wildman–Crippen MR) is 91.9 cm³/mol. The largest absolute Gasteiger partial charge is 0.477 e. The minimum atomic E-state index is -1.06. The second-order valence-electron chi connectivity index (χ2n) is 4.71. The fourth-order valence-corrected chi connectivity index (χ4v) is 2.77. The second-order valence-corrected chi connectivity index (χ2v) is 5.74. The average molecular weight is 340 g/mol. The Bertz CT molecular complexity index is 904. The van der Waals surface area contributed by atoms with Crippen molar-refractivity contribution >= 4 is 28.5 Å². The van der Waals surface area contributed by atoms with E-state index < -0.39 is 11.8 Å². The van der Waals surface area contributed by atoms with E-state index in [1.807, 2.05) is 6.07 Å². The lowest BCUT2D eigenvalue weighted by atomic mass is 9.98. The molecule has 1 aromatic carbocycles. The Kier molecular flexibility index (Phi) is 5.40. The lowest BCUT2D eigenvalue weighted by molar-refractivity contribution is 0.0702. The first-order chi connectivity index (χ1) is 11.5. The molecule has 0 saturated heterocycles. The summed E-state index contributed by atoms with van der Waals surface area (Å²) < 4.78 is 13.9. The van der Waals surface area contributed by atoms with Crippen LogP contribution >= 0.6 is 11.3 Å². The van der Waals surface area contributed by atoms with Gasteiger partial charge < -0.3 is 5.11 Å². The number of carboxylic acid groups (broad SMARTS) is 1. The first-order valence-corrected chi connectivity index (χ1v) is 7.71. The maximum Gasteiger partial charge on any atom is 0.347 e. The van der Waals surface area contributed by atoms with E-state index in [9.17, 15) is 14.4 Å². The zero-order chi connectivity index (χ0) is 17.7. The van der Waals surface area contributed by atoms with Gasteiger partial charge in [0.1, 0.15) is 15.7 Å². The van der Waals surface area contributed by atoms with Crippen LogP contribution in [0.15, 0.2) is 54.8 Å². The standard InChI is InChI=1S/C18H13FN2O2S/c1-3-12(17-21-10-16(24-17)18(22)23)8-13(9-20)11(2)14-6-4-5-7-15(14)19/h3-8,10H,2H2,1H3,(H,22,23)/b12-3+,13-8-. The van der Waals surface area contributed by atoms with Gasteiger partial charge in [-0.2, -0.15) is 5.26 Å². The van der Waals surface area contributed by atoms with Gasteiger partial charge in [0.05, 0.1) is 17.8 Å². The first kappa shape index (κ1) is 17.3. The molecule has 0 aliphatic rings. The van der Waals surface area contributed by atoms with Crippen LogP contribution in [0.3, 0.4) is 0 Å². The molecule has 0 aliphatic carbocycles. The van der Waals surface area contributed by atoms with Crippen molar-refractivity contribution in [2.45, 2.75) is 6.92 Å². The van der Waals surface area contributed by atoms with E-state index in [0.717, 1.165) is 11.3 Å². The molecule has 0 atom stereocenters. The van der Waals surface area contributed by atoms with Crippen LogP contribution in [0, 0.1) is 17.1 Å². The monoisotopic (exact) mass is 340 g/mol. The highest BCUT2D eigenvalue weighted by Crippen LogP contribution is 2.28. The Morgan fingerprint density at radius 3 is 2.71 bits per heavy atom. The smallest absolute Gasteiger partial charge is 0.347 e. The summed E-state index contributed by atoms with van der Waals surface area (Å²) >= 11 is 1.00. The molecule has 2 rings (SSSR count). The van der Waals surface area contributed by atoms with E-state index >= 15 is 0 Å². The van der Waals surface area contributed by atoms with Crippen LogP contribution in [-0.2, 0) is 0 Å². The predicted octanol–water partition coefficient (Wildman–Crippen LogP) is 4.55. The molecule has 6 heteroatoms. The number of nitrogens with zero attached hydrogens (tertiary/aromatic N) is 2. The Labute approximate surface area is 142 Å². The van der Waals surface area contributed by atoms with E-state index in [4.69, 9.17) is 5.11 Å². The maximum atomic E-state index is 13.9. The van der Waals surface area contributed by atoms with Crippen LogP contribution < -0.4 is 0 Å². The molecule has 4 nitrogen and oxygen atoms in total. The molecule has 0 radical (unpaired) electrons. The molecule has 0 saturated carbocycles. The van der Waals surface area contributed by atoms with E-state index in [0.29, 0.717) is 10.6 Å². The number of aromatic carboxylic acids is 1. The molecule has 0 amide bonds. The molecule has 0 unspecified atom stereocenters. The number of allylic oxidation sites excluding steroid dienone is 5. The van der Waals surface area contributed by atoms with Crippen LogP contribution in [0.25, 0.3) is 11.1 Å². The summed E-state index contributed by atoms with van der Waals surface area (Å²) in [5.74, 6) is -1.53. The van der Waals surface area contributed by atoms with Gasteiger partial charge in [-0.25, -0.2) is 14.2 Å². The number of halogens is 1. The third-order valence-electron chi connectivity index (χ3n) is 3.22. The average Bonchev–Trinajstić information content (AvgIpc) is 3.06. The summed E-state index contributed by atoms with van der Waals surface area (Å²) in [5, 5.41) is 18.8. The summed E-state index contributed by atoms with van der Waals surface area (Å²) in [4.78, 5) is 15.1. The maximum absolute atomic E-state index is 13.9. The molecular weight excluding hydrogens is 327 g/mol. The van der Waals surface area contributed by atoms with Crippen molar-refractivity contribution in [3.05, 3.63) is 76.0 Å². The van der Waals surface area contributed by atoms with E-state index in [2.05, 4.69) is 11.6 Å². The number of aromatic nitrogens is 1. The number of nitriles is 1. The van der Waals surface area contributed by atoms with Crippen LogP contribution in [0.2, 0.25) is 0 Å². The quantitative estimate of drug-likeness (QED) is 0.640.